The molecule has 0 saturated heterocycles. The number of hydrogen-bond donors (Lipinski definition) is 1. The summed E-state index contributed by atoms with van der Waals surface area (Å²) in [4.78, 5) is 22.1. The molecule has 1 fully saturated rings. The Morgan fingerprint density at radius 3 is 2.79 bits per heavy atom. The number of carbonyl (C=O) groups is 2. The monoisotopic (exact) mass is 215 g/mol. The van der Waals surface area contributed by atoms with Gasteiger partial charge in [0.25, 0.3) is 0 Å². The number of thioether (sulfide) groups is 1. The first-order chi connectivity index (χ1) is 6.77. The summed E-state index contributed by atoms with van der Waals surface area (Å²) in [6, 6.07) is -0.282. The summed E-state index contributed by atoms with van der Waals surface area (Å²) >= 11 is 1.69. The van der Waals surface area contributed by atoms with Gasteiger partial charge in [0, 0.05) is 5.92 Å². The van der Waals surface area contributed by atoms with E-state index in [9.17, 15) is 9.59 Å². The van der Waals surface area contributed by atoms with Crippen molar-refractivity contribution in [3.05, 3.63) is 0 Å². The van der Waals surface area contributed by atoms with E-state index in [0.29, 0.717) is 0 Å². The lowest BCUT2D eigenvalue weighted by atomic mass is 9.84. The molecule has 0 bridgehead atoms. The molecule has 1 rings (SSSR count). The van der Waals surface area contributed by atoms with Gasteiger partial charge in [-0.3, -0.25) is 4.79 Å². The van der Waals surface area contributed by atoms with Gasteiger partial charge in [-0.05, 0) is 31.3 Å². The lowest BCUT2D eigenvalue weighted by molar-refractivity contribution is -0.129. The van der Waals surface area contributed by atoms with Gasteiger partial charge in [0.15, 0.2) is 0 Å². The predicted octanol–water partition coefficient (Wildman–Crippen LogP) is 1.22. The van der Waals surface area contributed by atoms with Crippen molar-refractivity contribution in [1.82, 2.24) is 5.32 Å². The molecule has 0 aromatic carbocycles. The molecule has 1 unspecified atom stereocenters. The average molecular weight is 215 g/mol. The Morgan fingerprint density at radius 2 is 2.36 bits per heavy atom. The minimum absolute atomic E-state index is 0.0643. The molecule has 1 saturated carbocycles. The summed E-state index contributed by atoms with van der Waals surface area (Å²) in [6.45, 7) is 0. The summed E-state index contributed by atoms with van der Waals surface area (Å²) in [6.07, 6.45) is 6.69. The van der Waals surface area contributed by atoms with Crippen molar-refractivity contribution in [3.63, 3.8) is 0 Å². The van der Waals surface area contributed by atoms with Crippen LogP contribution in [-0.2, 0) is 9.59 Å². The normalized spacial score (nSPS) is 18.4. The van der Waals surface area contributed by atoms with E-state index in [1.165, 1.54) is 0 Å². The fourth-order valence-corrected chi connectivity index (χ4v) is 1.88. The standard InChI is InChI=1S/C10H17NO2S/c1-14-6-5-9(7-12)11-10(13)8-3-2-4-8/h7-9H,2-6H2,1H3,(H,11,13). The van der Waals surface area contributed by atoms with Gasteiger partial charge in [0.2, 0.25) is 5.91 Å². The SMILES string of the molecule is CSCCC(C=O)NC(=O)C1CCC1. The minimum atomic E-state index is -0.282. The van der Waals surface area contributed by atoms with Crippen molar-refractivity contribution in [2.24, 2.45) is 5.92 Å². The predicted molar refractivity (Wildman–Crippen MR) is 58.3 cm³/mol. The first-order valence-electron chi connectivity index (χ1n) is 5.02. The van der Waals surface area contributed by atoms with Crippen LogP contribution in [0.1, 0.15) is 25.7 Å². The molecule has 0 radical (unpaired) electrons. The molecule has 1 atom stereocenters. The molecule has 14 heavy (non-hydrogen) atoms. The number of rotatable bonds is 6. The molecule has 3 nitrogen and oxygen atoms in total. The second-order valence-electron chi connectivity index (χ2n) is 3.66. The Labute approximate surface area is 89.0 Å². The minimum Gasteiger partial charge on any atom is -0.346 e. The maximum Gasteiger partial charge on any atom is 0.223 e. The highest BCUT2D eigenvalue weighted by molar-refractivity contribution is 7.98. The fraction of sp³-hybridized carbons (Fsp3) is 0.800. The molecule has 0 aromatic heterocycles. The van der Waals surface area contributed by atoms with Crippen molar-refractivity contribution in [2.45, 2.75) is 31.7 Å². The van der Waals surface area contributed by atoms with Gasteiger partial charge in [-0.2, -0.15) is 11.8 Å². The van der Waals surface area contributed by atoms with E-state index >= 15 is 0 Å². The van der Waals surface area contributed by atoms with E-state index in [1.807, 2.05) is 6.26 Å². The molecule has 1 aliphatic rings. The first kappa shape index (κ1) is 11.6. The third kappa shape index (κ3) is 3.33. The van der Waals surface area contributed by atoms with Crippen LogP contribution in [0.4, 0.5) is 0 Å². The van der Waals surface area contributed by atoms with Gasteiger partial charge < -0.3 is 10.1 Å². The highest BCUT2D eigenvalue weighted by Crippen LogP contribution is 2.26. The number of hydrogen-bond acceptors (Lipinski definition) is 3. The van der Waals surface area contributed by atoms with Crippen molar-refractivity contribution in [1.29, 1.82) is 0 Å². The topological polar surface area (TPSA) is 46.2 Å². The molecule has 4 heteroatoms. The van der Waals surface area contributed by atoms with Crippen LogP contribution in [0.25, 0.3) is 0 Å². The third-order valence-corrected chi connectivity index (χ3v) is 3.24. The molecule has 1 N–H and O–H groups in total. The zero-order chi connectivity index (χ0) is 10.4. The van der Waals surface area contributed by atoms with Crippen LogP contribution in [0.2, 0.25) is 0 Å². The van der Waals surface area contributed by atoms with Crippen LogP contribution < -0.4 is 5.32 Å². The summed E-state index contributed by atoms with van der Waals surface area (Å²) in [5.41, 5.74) is 0. The average Bonchev–Trinajstić information content (AvgIpc) is 2.09. The Kier molecular flexibility index (Phi) is 5.01. The Bertz CT molecular complexity index is 204. The van der Waals surface area contributed by atoms with E-state index in [4.69, 9.17) is 0 Å². The summed E-state index contributed by atoms with van der Waals surface area (Å²) in [5.74, 6) is 1.15. The maximum atomic E-state index is 11.5. The van der Waals surface area contributed by atoms with Gasteiger partial charge in [-0.15, -0.1) is 0 Å². The largest absolute Gasteiger partial charge is 0.346 e. The van der Waals surface area contributed by atoms with Crippen LogP contribution in [0.3, 0.4) is 0 Å². The molecule has 1 amide bonds. The van der Waals surface area contributed by atoms with Crippen molar-refractivity contribution in [3.8, 4) is 0 Å². The first-order valence-corrected chi connectivity index (χ1v) is 6.42. The molecule has 80 valence electrons. The number of aldehydes is 1. The van der Waals surface area contributed by atoms with Crippen LogP contribution >= 0.6 is 11.8 Å². The lowest BCUT2D eigenvalue weighted by Crippen LogP contribution is -2.42. The van der Waals surface area contributed by atoms with Crippen molar-refractivity contribution < 1.29 is 9.59 Å². The molecule has 0 aromatic rings. The maximum absolute atomic E-state index is 11.5. The van der Waals surface area contributed by atoms with Gasteiger partial charge >= 0.3 is 0 Å². The van der Waals surface area contributed by atoms with E-state index in [-0.39, 0.29) is 17.9 Å². The zero-order valence-corrected chi connectivity index (χ0v) is 9.31. The second-order valence-corrected chi connectivity index (χ2v) is 4.65. The quantitative estimate of drug-likeness (QED) is 0.678. The second kappa shape index (κ2) is 6.06. The van der Waals surface area contributed by atoms with Gasteiger partial charge in [0.05, 0.1) is 6.04 Å². The lowest BCUT2D eigenvalue weighted by Gasteiger charge is -2.25. The summed E-state index contributed by atoms with van der Waals surface area (Å²) in [5, 5.41) is 2.78. The van der Waals surface area contributed by atoms with Crippen LogP contribution in [0.15, 0.2) is 0 Å². The molecule has 0 heterocycles. The van der Waals surface area contributed by atoms with Crippen LogP contribution in [0, 0.1) is 5.92 Å². The van der Waals surface area contributed by atoms with E-state index in [2.05, 4.69) is 5.32 Å². The molecule has 0 aliphatic heterocycles. The number of carbonyl (C=O) groups excluding carboxylic acids is 2. The molecule has 0 spiro atoms. The Morgan fingerprint density at radius 1 is 1.64 bits per heavy atom. The van der Waals surface area contributed by atoms with E-state index in [1.54, 1.807) is 11.8 Å². The Hall–Kier alpha value is -0.510. The Balaban J connectivity index is 2.23. The molecule has 1 aliphatic carbocycles. The van der Waals surface area contributed by atoms with E-state index < -0.39 is 0 Å². The van der Waals surface area contributed by atoms with Gasteiger partial charge in [-0.25, -0.2) is 0 Å². The molecular weight excluding hydrogens is 198 g/mol. The summed E-state index contributed by atoms with van der Waals surface area (Å²) in [7, 11) is 0. The van der Waals surface area contributed by atoms with E-state index in [0.717, 1.165) is 37.7 Å². The summed E-state index contributed by atoms with van der Waals surface area (Å²) < 4.78 is 0. The zero-order valence-electron chi connectivity index (χ0n) is 8.49. The van der Waals surface area contributed by atoms with Gasteiger partial charge in [-0.1, -0.05) is 6.42 Å². The molecular formula is C10H17NO2S. The highest BCUT2D eigenvalue weighted by Gasteiger charge is 2.26. The number of nitrogens with one attached hydrogen (secondary N) is 1. The van der Waals surface area contributed by atoms with Crippen LogP contribution in [-0.4, -0.2) is 30.2 Å². The van der Waals surface area contributed by atoms with Crippen molar-refractivity contribution in [2.75, 3.05) is 12.0 Å². The number of amides is 1. The fourth-order valence-electron chi connectivity index (χ4n) is 1.39. The third-order valence-electron chi connectivity index (χ3n) is 2.60. The highest BCUT2D eigenvalue weighted by atomic mass is 32.2. The van der Waals surface area contributed by atoms with Gasteiger partial charge in [0.1, 0.15) is 6.29 Å². The smallest absolute Gasteiger partial charge is 0.223 e. The van der Waals surface area contributed by atoms with Crippen molar-refractivity contribution >= 4 is 24.0 Å². The van der Waals surface area contributed by atoms with Crippen LogP contribution in [0.5, 0.6) is 0 Å².